The van der Waals surface area contributed by atoms with Crippen molar-refractivity contribution in [2.24, 2.45) is 11.7 Å². The first-order chi connectivity index (χ1) is 15.7. The molecule has 0 spiro atoms. The van der Waals surface area contributed by atoms with Gasteiger partial charge in [0.1, 0.15) is 18.7 Å². The van der Waals surface area contributed by atoms with Gasteiger partial charge in [-0.1, -0.05) is 32.9 Å². The summed E-state index contributed by atoms with van der Waals surface area (Å²) >= 11 is 0. The Morgan fingerprint density at radius 3 is 2.21 bits per heavy atom. The van der Waals surface area contributed by atoms with Gasteiger partial charge in [0.25, 0.3) is 0 Å². The van der Waals surface area contributed by atoms with E-state index >= 15 is 0 Å². The summed E-state index contributed by atoms with van der Waals surface area (Å²) in [5.74, 6) is -1.43. The molecule has 9 heteroatoms. The Morgan fingerprint density at radius 1 is 1.00 bits per heavy atom. The predicted octanol–water partition coefficient (Wildman–Crippen LogP) is 2.24. The van der Waals surface area contributed by atoms with Crippen LogP contribution in [0.1, 0.15) is 65.4 Å². The lowest BCUT2D eigenvalue weighted by molar-refractivity contribution is -0.142. The van der Waals surface area contributed by atoms with Crippen LogP contribution < -0.4 is 21.7 Å². The smallest absolute Gasteiger partial charge is 0.302 e. The number of amides is 3. The van der Waals surface area contributed by atoms with E-state index in [1.165, 1.54) is 6.92 Å². The fourth-order valence-corrected chi connectivity index (χ4v) is 3.13. The van der Waals surface area contributed by atoms with E-state index in [1.807, 2.05) is 20.8 Å². The third-order valence-electron chi connectivity index (χ3n) is 4.99. The first-order valence-corrected chi connectivity index (χ1v) is 11.5. The van der Waals surface area contributed by atoms with E-state index in [0.29, 0.717) is 37.9 Å². The van der Waals surface area contributed by atoms with E-state index in [0.717, 1.165) is 12.0 Å². The molecule has 3 amide bonds. The minimum absolute atomic E-state index is 0.136. The van der Waals surface area contributed by atoms with Gasteiger partial charge in [0.2, 0.25) is 17.7 Å². The molecule has 0 aliphatic carbocycles. The summed E-state index contributed by atoms with van der Waals surface area (Å²) in [6.45, 7) is 7.57. The maximum absolute atomic E-state index is 12.9. The van der Waals surface area contributed by atoms with Crippen molar-refractivity contribution in [2.45, 2.75) is 78.5 Å². The molecule has 1 aromatic carbocycles. The molecule has 184 valence electrons. The van der Waals surface area contributed by atoms with Crippen molar-refractivity contribution in [2.75, 3.05) is 11.9 Å². The predicted molar refractivity (Wildman–Crippen MR) is 127 cm³/mol. The van der Waals surface area contributed by atoms with Gasteiger partial charge in [-0.15, -0.1) is 0 Å². The lowest BCUT2D eigenvalue weighted by Gasteiger charge is -2.25. The average Bonchev–Trinajstić information content (AvgIpc) is 2.76. The summed E-state index contributed by atoms with van der Waals surface area (Å²) in [7, 11) is 0. The molecule has 1 unspecified atom stereocenters. The largest absolute Gasteiger partial charge is 0.461 e. The SMILES string of the molecule is CCCC(=O)NC(C(=O)N[C@@H](CCCCN)C(=O)Nc1ccc(COC(C)=O)cc1)C(C)C. The molecule has 0 aliphatic heterocycles. The van der Waals surface area contributed by atoms with Crippen molar-refractivity contribution in [1.29, 1.82) is 0 Å². The van der Waals surface area contributed by atoms with Crippen molar-refractivity contribution in [1.82, 2.24) is 10.6 Å². The second-order valence-electron chi connectivity index (χ2n) is 8.35. The van der Waals surface area contributed by atoms with Gasteiger partial charge in [-0.3, -0.25) is 19.2 Å². The maximum atomic E-state index is 12.9. The van der Waals surface area contributed by atoms with Gasteiger partial charge < -0.3 is 26.4 Å². The zero-order chi connectivity index (χ0) is 24.8. The molecular formula is C24H38N4O5. The summed E-state index contributed by atoms with van der Waals surface area (Å²) in [4.78, 5) is 48.8. The van der Waals surface area contributed by atoms with Crippen LogP contribution in [0.4, 0.5) is 5.69 Å². The van der Waals surface area contributed by atoms with Crippen LogP contribution >= 0.6 is 0 Å². The molecule has 2 atom stereocenters. The Labute approximate surface area is 196 Å². The van der Waals surface area contributed by atoms with Crippen molar-refractivity contribution >= 4 is 29.4 Å². The van der Waals surface area contributed by atoms with Crippen LogP contribution in [-0.4, -0.2) is 42.3 Å². The number of carbonyl (C=O) groups excluding carboxylic acids is 4. The van der Waals surface area contributed by atoms with Gasteiger partial charge in [-0.25, -0.2) is 0 Å². The van der Waals surface area contributed by atoms with E-state index in [1.54, 1.807) is 24.3 Å². The van der Waals surface area contributed by atoms with E-state index < -0.39 is 12.1 Å². The van der Waals surface area contributed by atoms with Crippen LogP contribution in [0.2, 0.25) is 0 Å². The van der Waals surface area contributed by atoms with Crippen LogP contribution in [0.5, 0.6) is 0 Å². The Balaban J connectivity index is 2.85. The number of rotatable bonds is 14. The first-order valence-electron chi connectivity index (χ1n) is 11.5. The average molecular weight is 463 g/mol. The molecule has 0 fully saturated rings. The topological polar surface area (TPSA) is 140 Å². The van der Waals surface area contributed by atoms with Gasteiger partial charge >= 0.3 is 5.97 Å². The number of hydrogen-bond acceptors (Lipinski definition) is 6. The highest BCUT2D eigenvalue weighted by Crippen LogP contribution is 2.13. The van der Waals surface area contributed by atoms with Crippen LogP contribution in [0.3, 0.4) is 0 Å². The maximum Gasteiger partial charge on any atom is 0.302 e. The monoisotopic (exact) mass is 462 g/mol. The Bertz CT molecular complexity index is 780. The van der Waals surface area contributed by atoms with E-state index in [-0.39, 0.29) is 36.2 Å². The number of nitrogens with one attached hydrogen (secondary N) is 3. The molecule has 9 nitrogen and oxygen atoms in total. The highest BCUT2D eigenvalue weighted by atomic mass is 16.5. The highest BCUT2D eigenvalue weighted by molar-refractivity contribution is 5.98. The normalized spacial score (nSPS) is 12.5. The molecule has 0 heterocycles. The molecule has 0 saturated carbocycles. The Morgan fingerprint density at radius 2 is 1.67 bits per heavy atom. The van der Waals surface area contributed by atoms with Gasteiger partial charge in [-0.2, -0.15) is 0 Å². The Hall–Kier alpha value is -2.94. The van der Waals surface area contributed by atoms with Gasteiger partial charge in [0.05, 0.1) is 0 Å². The number of nitrogens with two attached hydrogens (primary N) is 1. The van der Waals surface area contributed by atoms with Crippen LogP contribution in [-0.2, 0) is 30.5 Å². The minimum Gasteiger partial charge on any atom is -0.461 e. The second kappa shape index (κ2) is 15.0. The van der Waals surface area contributed by atoms with Gasteiger partial charge in [0, 0.05) is 19.0 Å². The van der Waals surface area contributed by atoms with Crippen LogP contribution in [0.25, 0.3) is 0 Å². The lowest BCUT2D eigenvalue weighted by atomic mass is 10.0. The van der Waals surface area contributed by atoms with Crippen molar-refractivity contribution in [3.05, 3.63) is 29.8 Å². The highest BCUT2D eigenvalue weighted by Gasteiger charge is 2.28. The molecule has 0 aromatic heterocycles. The summed E-state index contributed by atoms with van der Waals surface area (Å²) in [5.41, 5.74) is 6.92. The number of anilines is 1. The van der Waals surface area contributed by atoms with Gasteiger partial charge in [-0.05, 0) is 55.8 Å². The van der Waals surface area contributed by atoms with Crippen molar-refractivity contribution < 1.29 is 23.9 Å². The Kier molecular flexibility index (Phi) is 12.8. The fourth-order valence-electron chi connectivity index (χ4n) is 3.13. The van der Waals surface area contributed by atoms with E-state index in [2.05, 4.69) is 16.0 Å². The number of carbonyl (C=O) groups is 4. The number of ether oxygens (including phenoxy) is 1. The number of unbranched alkanes of at least 4 members (excludes halogenated alkanes) is 1. The molecule has 33 heavy (non-hydrogen) atoms. The molecule has 0 bridgehead atoms. The third-order valence-corrected chi connectivity index (χ3v) is 4.99. The standard InChI is InChI=1S/C24H38N4O5/c1-5-8-21(30)28-22(16(2)3)24(32)27-20(9-6-7-14-25)23(31)26-19-12-10-18(11-13-19)15-33-17(4)29/h10-13,16,20,22H,5-9,14-15,25H2,1-4H3,(H,26,31)(H,27,32)(H,28,30)/t20-,22?/m0/s1. The van der Waals surface area contributed by atoms with Gasteiger partial charge in [0.15, 0.2) is 0 Å². The number of benzene rings is 1. The van der Waals surface area contributed by atoms with Crippen LogP contribution in [0.15, 0.2) is 24.3 Å². The second-order valence-corrected chi connectivity index (χ2v) is 8.35. The number of esters is 1. The minimum atomic E-state index is -0.769. The summed E-state index contributed by atoms with van der Waals surface area (Å²) < 4.78 is 4.96. The fraction of sp³-hybridized carbons (Fsp3) is 0.583. The molecule has 0 saturated heterocycles. The summed E-state index contributed by atoms with van der Waals surface area (Å²) in [6, 6.07) is 5.41. The summed E-state index contributed by atoms with van der Waals surface area (Å²) in [5, 5.41) is 8.39. The molecule has 1 aromatic rings. The zero-order valence-electron chi connectivity index (χ0n) is 20.1. The van der Waals surface area contributed by atoms with Crippen LogP contribution in [0, 0.1) is 5.92 Å². The lowest BCUT2D eigenvalue weighted by Crippen LogP contribution is -2.54. The van der Waals surface area contributed by atoms with Crippen molar-refractivity contribution in [3.8, 4) is 0 Å². The molecule has 0 aliphatic rings. The van der Waals surface area contributed by atoms with E-state index in [4.69, 9.17) is 10.5 Å². The first kappa shape index (κ1) is 28.1. The molecule has 5 N–H and O–H groups in total. The van der Waals surface area contributed by atoms with E-state index in [9.17, 15) is 19.2 Å². The molecular weight excluding hydrogens is 424 g/mol. The molecule has 1 rings (SSSR count). The van der Waals surface area contributed by atoms with Crippen molar-refractivity contribution in [3.63, 3.8) is 0 Å². The number of hydrogen-bond donors (Lipinski definition) is 4. The zero-order valence-corrected chi connectivity index (χ0v) is 20.1. The molecule has 0 radical (unpaired) electrons. The quantitative estimate of drug-likeness (QED) is 0.247. The summed E-state index contributed by atoms with van der Waals surface area (Å²) in [6.07, 6.45) is 2.84. The third kappa shape index (κ3) is 11.0.